The highest BCUT2D eigenvalue weighted by atomic mass is 35.5. The van der Waals surface area contributed by atoms with Gasteiger partial charge in [0.1, 0.15) is 18.1 Å². The van der Waals surface area contributed by atoms with Crippen LogP contribution in [0.25, 0.3) is 22.3 Å². The maximum Gasteiger partial charge on any atom is 0.416 e. The predicted molar refractivity (Wildman–Crippen MR) is 120 cm³/mol. The SMILES string of the molecule is CCN([C@@H](COc1cc(C(F)(F)F)ccc1-c1cc(=O)c2cccc(Cl)c2o1)C(=O)O)S(N)(=O)=O. The summed E-state index contributed by atoms with van der Waals surface area (Å²) in [6, 6.07) is 5.86. The number of nitrogens with zero attached hydrogens (tertiary/aromatic N) is 1. The fourth-order valence-electron chi connectivity index (χ4n) is 3.32. The van der Waals surface area contributed by atoms with E-state index in [-0.39, 0.29) is 33.9 Å². The lowest BCUT2D eigenvalue weighted by Crippen LogP contribution is -2.50. The molecule has 2 aromatic carbocycles. The predicted octanol–water partition coefficient (Wildman–Crippen LogP) is 3.49. The van der Waals surface area contributed by atoms with Gasteiger partial charge in [-0.25, -0.2) is 5.14 Å². The molecule has 35 heavy (non-hydrogen) atoms. The second-order valence-electron chi connectivity index (χ2n) is 7.21. The van der Waals surface area contributed by atoms with Crippen molar-refractivity contribution in [3.8, 4) is 17.1 Å². The minimum absolute atomic E-state index is 0.0164. The smallest absolute Gasteiger partial charge is 0.416 e. The third-order valence-electron chi connectivity index (χ3n) is 4.95. The van der Waals surface area contributed by atoms with Crippen molar-refractivity contribution in [2.75, 3.05) is 13.2 Å². The first-order valence-corrected chi connectivity index (χ1v) is 11.7. The lowest BCUT2D eigenvalue weighted by atomic mass is 10.1. The Morgan fingerprint density at radius 3 is 2.51 bits per heavy atom. The van der Waals surface area contributed by atoms with E-state index in [0.29, 0.717) is 10.4 Å². The van der Waals surface area contributed by atoms with E-state index in [0.717, 1.165) is 18.2 Å². The Morgan fingerprint density at radius 1 is 1.26 bits per heavy atom. The first kappa shape index (κ1) is 26.5. The Bertz CT molecular complexity index is 1440. The van der Waals surface area contributed by atoms with Gasteiger partial charge in [0.15, 0.2) is 17.1 Å². The van der Waals surface area contributed by atoms with E-state index in [1.807, 2.05) is 0 Å². The number of ether oxygens (including phenoxy) is 1. The normalized spacial score (nSPS) is 13.2. The minimum Gasteiger partial charge on any atom is -0.490 e. The van der Waals surface area contributed by atoms with Crippen LogP contribution in [0, 0.1) is 0 Å². The number of alkyl halides is 3. The van der Waals surface area contributed by atoms with Gasteiger partial charge >= 0.3 is 12.1 Å². The number of nitrogens with two attached hydrogens (primary N) is 1. The van der Waals surface area contributed by atoms with Gasteiger partial charge in [-0.1, -0.05) is 24.6 Å². The number of hydrogen-bond donors (Lipinski definition) is 2. The summed E-state index contributed by atoms with van der Waals surface area (Å²) < 4.78 is 75.0. The zero-order chi connectivity index (χ0) is 26.1. The number of likely N-dealkylation sites (N-methyl/N-ethyl adjacent to an activating group) is 1. The van der Waals surface area contributed by atoms with E-state index in [1.165, 1.54) is 25.1 Å². The largest absolute Gasteiger partial charge is 0.490 e. The van der Waals surface area contributed by atoms with Crippen molar-refractivity contribution in [1.82, 2.24) is 4.31 Å². The molecule has 188 valence electrons. The molecule has 0 saturated heterocycles. The fourth-order valence-corrected chi connectivity index (χ4v) is 4.40. The summed E-state index contributed by atoms with van der Waals surface area (Å²) >= 11 is 6.09. The van der Waals surface area contributed by atoms with E-state index in [2.05, 4.69) is 0 Å². The van der Waals surface area contributed by atoms with Crippen LogP contribution in [-0.2, 0) is 21.2 Å². The second kappa shape index (κ2) is 9.85. The zero-order valence-electron chi connectivity index (χ0n) is 17.9. The lowest BCUT2D eigenvalue weighted by Gasteiger charge is -2.25. The van der Waals surface area contributed by atoms with Gasteiger partial charge in [-0.3, -0.25) is 9.59 Å². The Balaban J connectivity index is 2.13. The third-order valence-corrected chi connectivity index (χ3v) is 6.41. The van der Waals surface area contributed by atoms with E-state index in [1.54, 1.807) is 0 Å². The van der Waals surface area contributed by atoms with Crippen LogP contribution in [0.1, 0.15) is 12.5 Å². The molecule has 3 rings (SSSR count). The van der Waals surface area contributed by atoms with Crippen molar-refractivity contribution in [1.29, 1.82) is 0 Å². The molecular weight excluding hydrogens is 517 g/mol. The van der Waals surface area contributed by atoms with Gasteiger partial charge in [0, 0.05) is 12.6 Å². The molecule has 0 fully saturated rings. The van der Waals surface area contributed by atoms with Gasteiger partial charge in [0.25, 0.3) is 10.2 Å². The maximum absolute atomic E-state index is 13.3. The highest BCUT2D eigenvalue weighted by Gasteiger charge is 2.34. The van der Waals surface area contributed by atoms with Crippen molar-refractivity contribution in [3.63, 3.8) is 0 Å². The number of para-hydroxylation sites is 1. The summed E-state index contributed by atoms with van der Waals surface area (Å²) in [5.41, 5.74) is -1.82. The van der Waals surface area contributed by atoms with Crippen molar-refractivity contribution >= 4 is 38.7 Å². The molecule has 0 aliphatic carbocycles. The minimum atomic E-state index is -4.79. The number of benzene rings is 2. The van der Waals surface area contributed by atoms with Crippen LogP contribution in [0.2, 0.25) is 5.02 Å². The molecule has 1 aromatic heterocycles. The summed E-state index contributed by atoms with van der Waals surface area (Å²) in [6.45, 7) is 0.0860. The summed E-state index contributed by atoms with van der Waals surface area (Å²) in [7, 11) is -4.47. The molecule has 3 N–H and O–H groups in total. The summed E-state index contributed by atoms with van der Waals surface area (Å²) in [5.74, 6) is -2.35. The zero-order valence-corrected chi connectivity index (χ0v) is 19.4. The van der Waals surface area contributed by atoms with E-state index < -0.39 is 51.7 Å². The van der Waals surface area contributed by atoms with E-state index in [9.17, 15) is 36.3 Å². The molecule has 9 nitrogen and oxygen atoms in total. The van der Waals surface area contributed by atoms with Crippen molar-refractivity contribution in [3.05, 3.63) is 63.3 Å². The monoisotopic (exact) mass is 534 g/mol. The quantitative estimate of drug-likeness (QED) is 0.451. The maximum atomic E-state index is 13.3. The highest BCUT2D eigenvalue weighted by molar-refractivity contribution is 7.86. The van der Waals surface area contributed by atoms with Crippen LogP contribution in [0.4, 0.5) is 13.2 Å². The van der Waals surface area contributed by atoms with Crippen LogP contribution in [0.3, 0.4) is 0 Å². The van der Waals surface area contributed by atoms with E-state index in [4.69, 9.17) is 25.9 Å². The number of rotatable bonds is 8. The molecule has 0 aliphatic heterocycles. The number of fused-ring (bicyclic) bond motifs is 1. The molecule has 3 aromatic rings. The molecule has 0 amide bonds. The summed E-state index contributed by atoms with van der Waals surface area (Å²) in [4.78, 5) is 24.2. The van der Waals surface area contributed by atoms with Crippen LogP contribution >= 0.6 is 11.6 Å². The molecular formula is C21H18ClF3N2O7S. The Kier molecular flexibility index (Phi) is 7.45. The third kappa shape index (κ3) is 5.75. The van der Waals surface area contributed by atoms with Crippen LogP contribution in [0.15, 0.2) is 51.7 Å². The average molecular weight is 535 g/mol. The molecule has 0 aliphatic rings. The van der Waals surface area contributed by atoms with Gasteiger partial charge in [0.2, 0.25) is 0 Å². The van der Waals surface area contributed by atoms with Crippen molar-refractivity contribution < 1.29 is 40.6 Å². The first-order valence-electron chi connectivity index (χ1n) is 9.83. The highest BCUT2D eigenvalue weighted by Crippen LogP contribution is 2.38. The van der Waals surface area contributed by atoms with Crippen LogP contribution in [-0.4, -0.2) is 43.0 Å². The Labute approximate surface area is 201 Å². The fraction of sp³-hybridized carbons (Fsp3) is 0.238. The molecule has 0 spiro atoms. The standard InChI is InChI=1S/C21H18ClF3N2O7S/c1-2-27(35(26,31)32)15(20(29)30)10-33-17-8-11(21(23,24)25)6-7-13(17)18-9-16(28)12-4-3-5-14(22)19(12)34-18/h3-9,15H,2,10H2,1H3,(H,29,30)(H2,26,31,32)/t15-/m0/s1. The van der Waals surface area contributed by atoms with Crippen LogP contribution < -0.4 is 15.3 Å². The number of halogens is 4. The molecule has 0 radical (unpaired) electrons. The van der Waals surface area contributed by atoms with Gasteiger partial charge in [-0.2, -0.15) is 25.9 Å². The molecule has 14 heteroatoms. The summed E-state index contributed by atoms with van der Waals surface area (Å²) in [5, 5.41) is 14.7. The number of carbonyl (C=O) groups is 1. The van der Waals surface area contributed by atoms with Gasteiger partial charge in [0.05, 0.1) is 21.5 Å². The van der Waals surface area contributed by atoms with E-state index >= 15 is 0 Å². The number of aliphatic carboxylic acids is 1. The molecule has 1 heterocycles. The number of carboxylic acids is 1. The lowest BCUT2D eigenvalue weighted by molar-refractivity contribution is -0.142. The molecule has 0 saturated carbocycles. The van der Waals surface area contributed by atoms with Gasteiger partial charge in [-0.05, 0) is 30.3 Å². The Hall–Kier alpha value is -3.13. The van der Waals surface area contributed by atoms with Gasteiger partial charge in [-0.15, -0.1) is 0 Å². The molecule has 0 unspecified atom stereocenters. The summed E-state index contributed by atoms with van der Waals surface area (Å²) in [6.07, 6.45) is -4.79. The molecule has 0 bridgehead atoms. The van der Waals surface area contributed by atoms with Crippen molar-refractivity contribution in [2.45, 2.75) is 19.1 Å². The number of carboxylic acid groups (broad SMARTS) is 1. The van der Waals surface area contributed by atoms with Gasteiger partial charge < -0.3 is 14.3 Å². The molecule has 1 atom stereocenters. The topological polar surface area (TPSA) is 140 Å². The van der Waals surface area contributed by atoms with Crippen LogP contribution in [0.5, 0.6) is 5.75 Å². The van der Waals surface area contributed by atoms with Crippen molar-refractivity contribution in [2.24, 2.45) is 5.14 Å². The average Bonchev–Trinajstić information content (AvgIpc) is 2.75. The Morgan fingerprint density at radius 2 is 1.94 bits per heavy atom. The first-order chi connectivity index (χ1) is 16.2. The number of hydrogen-bond acceptors (Lipinski definition) is 6. The second-order valence-corrected chi connectivity index (χ2v) is 9.12.